The molecule has 0 unspecified atom stereocenters. The van der Waals surface area contributed by atoms with Gasteiger partial charge in [-0.3, -0.25) is 14.6 Å². The molecule has 3 N–H and O–H groups in total. The van der Waals surface area contributed by atoms with Gasteiger partial charge < -0.3 is 15.7 Å². The van der Waals surface area contributed by atoms with Gasteiger partial charge in [0.25, 0.3) is 5.91 Å². The van der Waals surface area contributed by atoms with Gasteiger partial charge in [0, 0.05) is 24.3 Å². The Balaban J connectivity index is 2.47. The van der Waals surface area contributed by atoms with Crippen LogP contribution < -0.4 is 5.73 Å². The van der Waals surface area contributed by atoms with Crippen molar-refractivity contribution in [3.05, 3.63) is 36.2 Å². The number of nitrogens with two attached hydrogens (primary N) is 1. The first-order valence-corrected chi connectivity index (χ1v) is 5.60. The summed E-state index contributed by atoms with van der Waals surface area (Å²) in [6.45, 7) is -0.376. The number of amides is 1. The third-order valence-corrected chi connectivity index (χ3v) is 2.71. The van der Waals surface area contributed by atoms with Crippen molar-refractivity contribution in [2.75, 3.05) is 19.3 Å². The van der Waals surface area contributed by atoms with E-state index in [4.69, 9.17) is 10.8 Å². The fourth-order valence-corrected chi connectivity index (χ4v) is 1.81. The predicted octanol–water partition coefficient (Wildman–Crippen LogP) is 0.974. The van der Waals surface area contributed by atoms with Crippen LogP contribution in [0.1, 0.15) is 10.5 Å². The van der Waals surface area contributed by atoms with Crippen molar-refractivity contribution < 1.29 is 14.7 Å². The van der Waals surface area contributed by atoms with Gasteiger partial charge in [0.05, 0.1) is 0 Å². The Kier molecular flexibility index (Phi) is 3.33. The molecule has 1 amide bonds. The van der Waals surface area contributed by atoms with Gasteiger partial charge in [-0.05, 0) is 23.6 Å². The second-order valence-electron chi connectivity index (χ2n) is 4.20. The molecule has 2 aromatic rings. The number of likely N-dealkylation sites (N-methyl/N-ethyl adjacent to an activating group) is 1. The second kappa shape index (κ2) is 4.93. The molecule has 19 heavy (non-hydrogen) atoms. The molecular formula is C13H13N3O3. The molecule has 0 atom stereocenters. The van der Waals surface area contributed by atoms with Crippen LogP contribution in [0.5, 0.6) is 0 Å². The fourth-order valence-electron chi connectivity index (χ4n) is 1.81. The molecule has 0 saturated carbocycles. The highest BCUT2D eigenvalue weighted by Crippen LogP contribution is 2.20. The first-order valence-electron chi connectivity index (χ1n) is 5.60. The van der Waals surface area contributed by atoms with E-state index in [-0.39, 0.29) is 12.2 Å². The number of carboxylic acid groups (broad SMARTS) is 1. The predicted molar refractivity (Wildman–Crippen MR) is 70.8 cm³/mol. The topological polar surface area (TPSA) is 96.5 Å². The Hall–Kier alpha value is -2.63. The molecule has 98 valence electrons. The van der Waals surface area contributed by atoms with E-state index in [0.717, 1.165) is 10.3 Å². The van der Waals surface area contributed by atoms with E-state index in [1.807, 2.05) is 0 Å². The number of carboxylic acids is 1. The van der Waals surface area contributed by atoms with Crippen LogP contribution in [0.15, 0.2) is 30.5 Å². The molecular weight excluding hydrogens is 246 g/mol. The number of hydrogen-bond acceptors (Lipinski definition) is 4. The maximum atomic E-state index is 12.2. The quantitative estimate of drug-likeness (QED) is 0.801. The monoisotopic (exact) mass is 259 g/mol. The number of rotatable bonds is 3. The number of carbonyl (C=O) groups is 2. The van der Waals surface area contributed by atoms with E-state index >= 15 is 0 Å². The van der Waals surface area contributed by atoms with Crippen LogP contribution in [0.3, 0.4) is 0 Å². The minimum atomic E-state index is -1.07. The molecule has 0 radical (unpaired) electrons. The molecule has 0 fully saturated rings. The van der Waals surface area contributed by atoms with Gasteiger partial charge in [-0.25, -0.2) is 0 Å². The van der Waals surface area contributed by atoms with Gasteiger partial charge in [0.2, 0.25) is 0 Å². The summed E-state index contributed by atoms with van der Waals surface area (Å²) in [5, 5.41) is 10.1. The SMILES string of the molecule is CN(CC(=O)O)C(=O)c1nccc2ccc(N)cc12. The van der Waals surface area contributed by atoms with E-state index in [1.54, 1.807) is 24.3 Å². The number of nitrogens with zero attached hydrogens (tertiary/aromatic N) is 2. The van der Waals surface area contributed by atoms with Crippen LogP contribution in [-0.4, -0.2) is 40.5 Å². The van der Waals surface area contributed by atoms with Gasteiger partial charge >= 0.3 is 5.97 Å². The van der Waals surface area contributed by atoms with Crippen LogP contribution in [0.4, 0.5) is 5.69 Å². The number of anilines is 1. The molecule has 6 nitrogen and oxygen atoms in total. The van der Waals surface area contributed by atoms with Crippen LogP contribution >= 0.6 is 0 Å². The third kappa shape index (κ3) is 2.62. The molecule has 0 saturated heterocycles. The third-order valence-electron chi connectivity index (χ3n) is 2.71. The number of hydrogen-bond donors (Lipinski definition) is 2. The standard InChI is InChI=1S/C13H13N3O3/c1-16(7-11(17)18)13(19)12-10-6-9(14)3-2-8(10)4-5-15-12/h2-6H,7,14H2,1H3,(H,17,18). The number of carbonyl (C=O) groups excluding carboxylic acids is 1. The van der Waals surface area contributed by atoms with E-state index in [2.05, 4.69) is 4.98 Å². The van der Waals surface area contributed by atoms with Crippen LogP contribution in [0.25, 0.3) is 10.8 Å². The van der Waals surface area contributed by atoms with E-state index < -0.39 is 11.9 Å². The number of aromatic nitrogens is 1. The average Bonchev–Trinajstić information content (AvgIpc) is 2.36. The summed E-state index contributed by atoms with van der Waals surface area (Å²) in [7, 11) is 1.42. The molecule has 0 spiro atoms. The molecule has 0 bridgehead atoms. The number of nitrogen functional groups attached to an aromatic ring is 1. The van der Waals surface area contributed by atoms with Gasteiger partial charge in [-0.2, -0.15) is 0 Å². The highest BCUT2D eigenvalue weighted by Gasteiger charge is 2.18. The summed E-state index contributed by atoms with van der Waals surface area (Å²) in [6, 6.07) is 6.95. The van der Waals surface area contributed by atoms with E-state index in [1.165, 1.54) is 13.2 Å². The summed E-state index contributed by atoms with van der Waals surface area (Å²) in [5.41, 5.74) is 6.43. The molecule has 0 aliphatic rings. The molecule has 6 heteroatoms. The molecule has 1 aromatic carbocycles. The molecule has 0 aliphatic carbocycles. The van der Waals surface area contributed by atoms with Crippen LogP contribution in [0, 0.1) is 0 Å². The lowest BCUT2D eigenvalue weighted by molar-refractivity contribution is -0.137. The van der Waals surface area contributed by atoms with Crippen molar-refractivity contribution in [1.29, 1.82) is 0 Å². The molecule has 2 rings (SSSR count). The van der Waals surface area contributed by atoms with Crippen molar-refractivity contribution in [1.82, 2.24) is 9.88 Å². The highest BCUT2D eigenvalue weighted by molar-refractivity contribution is 6.06. The zero-order chi connectivity index (χ0) is 14.0. The first-order chi connectivity index (χ1) is 8.99. The van der Waals surface area contributed by atoms with Gasteiger partial charge in [-0.15, -0.1) is 0 Å². The maximum absolute atomic E-state index is 12.2. The van der Waals surface area contributed by atoms with Gasteiger partial charge in [0.1, 0.15) is 12.2 Å². The van der Waals surface area contributed by atoms with Crippen molar-refractivity contribution >= 4 is 28.3 Å². The normalized spacial score (nSPS) is 10.4. The Morgan fingerprint density at radius 3 is 2.79 bits per heavy atom. The molecule has 1 heterocycles. The van der Waals surface area contributed by atoms with E-state index in [0.29, 0.717) is 11.1 Å². The highest BCUT2D eigenvalue weighted by atomic mass is 16.4. The number of benzene rings is 1. The number of fused-ring (bicyclic) bond motifs is 1. The van der Waals surface area contributed by atoms with E-state index in [9.17, 15) is 9.59 Å². The van der Waals surface area contributed by atoms with Crippen molar-refractivity contribution in [2.24, 2.45) is 0 Å². The fraction of sp³-hybridized carbons (Fsp3) is 0.154. The summed E-state index contributed by atoms with van der Waals surface area (Å²) in [4.78, 5) is 27.9. The van der Waals surface area contributed by atoms with Gasteiger partial charge in [0.15, 0.2) is 0 Å². The summed E-state index contributed by atoms with van der Waals surface area (Å²) in [5.74, 6) is -1.52. The van der Waals surface area contributed by atoms with Crippen molar-refractivity contribution in [3.8, 4) is 0 Å². The van der Waals surface area contributed by atoms with Gasteiger partial charge in [-0.1, -0.05) is 6.07 Å². The lowest BCUT2D eigenvalue weighted by atomic mass is 10.1. The molecule has 1 aromatic heterocycles. The summed E-state index contributed by atoms with van der Waals surface area (Å²) >= 11 is 0. The zero-order valence-electron chi connectivity index (χ0n) is 10.3. The molecule has 0 aliphatic heterocycles. The van der Waals surface area contributed by atoms with Crippen molar-refractivity contribution in [2.45, 2.75) is 0 Å². The Morgan fingerprint density at radius 2 is 2.11 bits per heavy atom. The minimum Gasteiger partial charge on any atom is -0.480 e. The Morgan fingerprint density at radius 1 is 1.37 bits per heavy atom. The second-order valence-corrected chi connectivity index (χ2v) is 4.20. The zero-order valence-corrected chi connectivity index (χ0v) is 10.3. The number of aliphatic carboxylic acids is 1. The lowest BCUT2D eigenvalue weighted by Gasteiger charge is -2.15. The number of pyridine rings is 1. The van der Waals surface area contributed by atoms with Crippen LogP contribution in [0.2, 0.25) is 0 Å². The summed E-state index contributed by atoms with van der Waals surface area (Å²) < 4.78 is 0. The van der Waals surface area contributed by atoms with Crippen LogP contribution in [-0.2, 0) is 4.79 Å². The van der Waals surface area contributed by atoms with Crippen molar-refractivity contribution in [3.63, 3.8) is 0 Å². The Labute approximate surface area is 109 Å². The smallest absolute Gasteiger partial charge is 0.323 e. The summed E-state index contributed by atoms with van der Waals surface area (Å²) in [6.07, 6.45) is 1.51. The average molecular weight is 259 g/mol. The lowest BCUT2D eigenvalue weighted by Crippen LogP contribution is -2.32. The Bertz CT molecular complexity index is 655. The first kappa shape index (κ1) is 12.8. The minimum absolute atomic E-state index is 0.202. The largest absolute Gasteiger partial charge is 0.480 e. The maximum Gasteiger partial charge on any atom is 0.323 e.